The Hall–Kier alpha value is -1.00. The summed E-state index contributed by atoms with van der Waals surface area (Å²) in [5.74, 6) is 1.96. The van der Waals surface area contributed by atoms with Crippen LogP contribution >= 0.6 is 0 Å². The predicted molar refractivity (Wildman–Crippen MR) is 70.6 cm³/mol. The molecule has 0 aliphatic carbocycles. The van der Waals surface area contributed by atoms with Crippen molar-refractivity contribution in [3.63, 3.8) is 0 Å². The average Bonchev–Trinajstić information content (AvgIpc) is 2.77. The summed E-state index contributed by atoms with van der Waals surface area (Å²) in [6, 6.07) is 4.06. The van der Waals surface area contributed by atoms with Crippen LogP contribution in [-0.2, 0) is 0 Å². The summed E-state index contributed by atoms with van der Waals surface area (Å²) in [5, 5.41) is 3.38. The van der Waals surface area contributed by atoms with Crippen molar-refractivity contribution in [2.24, 2.45) is 0 Å². The quantitative estimate of drug-likeness (QED) is 0.837. The number of nitrogens with zero attached hydrogens (tertiary/aromatic N) is 2. The molecule has 0 amide bonds. The van der Waals surface area contributed by atoms with Gasteiger partial charge in [0.2, 0.25) is 0 Å². The first kappa shape index (κ1) is 12.5. The molecule has 4 nitrogen and oxygen atoms in total. The van der Waals surface area contributed by atoms with Crippen molar-refractivity contribution in [3.8, 4) is 0 Å². The first-order chi connectivity index (χ1) is 8.25. The fourth-order valence-corrected chi connectivity index (χ4v) is 2.20. The molecule has 17 heavy (non-hydrogen) atoms. The van der Waals surface area contributed by atoms with Crippen LogP contribution in [-0.4, -0.2) is 51.2 Å². The highest BCUT2D eigenvalue weighted by molar-refractivity contribution is 5.34. The van der Waals surface area contributed by atoms with Gasteiger partial charge in [0.05, 0.1) is 0 Å². The van der Waals surface area contributed by atoms with E-state index in [4.69, 9.17) is 4.42 Å². The molecule has 1 aliphatic rings. The highest BCUT2D eigenvalue weighted by Gasteiger charge is 2.10. The number of nitrogens with one attached hydrogen (secondary N) is 1. The minimum absolute atomic E-state index is 0.975. The van der Waals surface area contributed by atoms with Crippen molar-refractivity contribution in [3.05, 3.63) is 17.9 Å². The monoisotopic (exact) mass is 237 g/mol. The third-order valence-corrected chi connectivity index (χ3v) is 3.28. The summed E-state index contributed by atoms with van der Waals surface area (Å²) in [4.78, 5) is 4.72. The lowest BCUT2D eigenvalue weighted by molar-refractivity contribution is 0.239. The van der Waals surface area contributed by atoms with Gasteiger partial charge >= 0.3 is 0 Å². The fraction of sp³-hybridized carbons (Fsp3) is 0.692. The van der Waals surface area contributed by atoms with Crippen molar-refractivity contribution in [2.75, 3.05) is 51.2 Å². The van der Waals surface area contributed by atoms with Crippen LogP contribution in [0.4, 0.5) is 5.88 Å². The van der Waals surface area contributed by atoms with Gasteiger partial charge in [-0.2, -0.15) is 0 Å². The molecule has 1 aromatic rings. The SMILES string of the molecule is Cc1ccc(N(C)CCCN2CCNCC2)o1. The third-order valence-electron chi connectivity index (χ3n) is 3.28. The maximum atomic E-state index is 5.59. The smallest absolute Gasteiger partial charge is 0.195 e. The van der Waals surface area contributed by atoms with Gasteiger partial charge in [0.1, 0.15) is 5.76 Å². The molecule has 0 saturated carbocycles. The van der Waals surface area contributed by atoms with E-state index < -0.39 is 0 Å². The number of furan rings is 1. The van der Waals surface area contributed by atoms with Crippen LogP contribution < -0.4 is 10.2 Å². The van der Waals surface area contributed by atoms with Gasteiger partial charge in [0.25, 0.3) is 0 Å². The van der Waals surface area contributed by atoms with Crippen molar-refractivity contribution >= 4 is 5.88 Å². The van der Waals surface area contributed by atoms with E-state index in [-0.39, 0.29) is 0 Å². The van der Waals surface area contributed by atoms with Crippen LogP contribution in [0, 0.1) is 6.92 Å². The van der Waals surface area contributed by atoms with Crippen molar-refractivity contribution in [1.82, 2.24) is 10.2 Å². The van der Waals surface area contributed by atoms with Crippen LogP contribution in [0.3, 0.4) is 0 Å². The minimum atomic E-state index is 0.975. The molecule has 0 unspecified atom stereocenters. The summed E-state index contributed by atoms with van der Waals surface area (Å²) < 4.78 is 5.59. The lowest BCUT2D eigenvalue weighted by Gasteiger charge is -2.27. The Morgan fingerprint density at radius 3 is 2.76 bits per heavy atom. The van der Waals surface area contributed by atoms with Crippen molar-refractivity contribution in [2.45, 2.75) is 13.3 Å². The van der Waals surface area contributed by atoms with Crippen LogP contribution in [0.1, 0.15) is 12.2 Å². The van der Waals surface area contributed by atoms with E-state index in [9.17, 15) is 0 Å². The highest BCUT2D eigenvalue weighted by Crippen LogP contribution is 2.16. The summed E-state index contributed by atoms with van der Waals surface area (Å²) in [5.41, 5.74) is 0. The first-order valence-electron chi connectivity index (χ1n) is 6.46. The van der Waals surface area contributed by atoms with Gasteiger partial charge in [-0.1, -0.05) is 0 Å². The fourth-order valence-electron chi connectivity index (χ4n) is 2.20. The maximum Gasteiger partial charge on any atom is 0.195 e. The molecule has 2 heterocycles. The summed E-state index contributed by atoms with van der Waals surface area (Å²) in [6.07, 6.45) is 1.19. The molecule has 0 bridgehead atoms. The van der Waals surface area contributed by atoms with Gasteiger partial charge < -0.3 is 19.5 Å². The van der Waals surface area contributed by atoms with Crippen LogP contribution in [0.5, 0.6) is 0 Å². The largest absolute Gasteiger partial charge is 0.446 e. The maximum absolute atomic E-state index is 5.59. The molecule has 2 rings (SSSR count). The van der Waals surface area contributed by atoms with Crippen molar-refractivity contribution < 1.29 is 4.42 Å². The van der Waals surface area contributed by atoms with E-state index in [2.05, 4.69) is 22.2 Å². The van der Waals surface area contributed by atoms with Gasteiger partial charge in [0, 0.05) is 45.8 Å². The normalized spacial score (nSPS) is 17.3. The number of anilines is 1. The Kier molecular flexibility index (Phi) is 4.45. The Labute approximate surface area is 104 Å². The zero-order chi connectivity index (χ0) is 12.1. The molecule has 96 valence electrons. The molecule has 0 spiro atoms. The highest BCUT2D eigenvalue weighted by atomic mass is 16.4. The molecule has 1 saturated heterocycles. The van der Waals surface area contributed by atoms with Gasteiger partial charge in [-0.25, -0.2) is 0 Å². The van der Waals surface area contributed by atoms with E-state index >= 15 is 0 Å². The minimum Gasteiger partial charge on any atom is -0.446 e. The van der Waals surface area contributed by atoms with E-state index in [0.29, 0.717) is 0 Å². The molecule has 1 aliphatic heterocycles. The van der Waals surface area contributed by atoms with Crippen LogP contribution in [0.15, 0.2) is 16.5 Å². The zero-order valence-corrected chi connectivity index (χ0v) is 10.9. The van der Waals surface area contributed by atoms with Crippen LogP contribution in [0.25, 0.3) is 0 Å². The van der Waals surface area contributed by atoms with E-state index in [0.717, 1.165) is 31.3 Å². The lowest BCUT2D eigenvalue weighted by atomic mass is 10.3. The molecule has 1 fully saturated rings. The molecular formula is C13H23N3O. The molecule has 1 aromatic heterocycles. The number of hydrogen-bond donors (Lipinski definition) is 1. The summed E-state index contributed by atoms with van der Waals surface area (Å²) in [6.45, 7) is 8.86. The van der Waals surface area contributed by atoms with Gasteiger partial charge in [-0.15, -0.1) is 0 Å². The lowest BCUT2D eigenvalue weighted by Crippen LogP contribution is -2.44. The van der Waals surface area contributed by atoms with Gasteiger partial charge in [-0.05, 0) is 26.0 Å². The number of aryl methyl sites for hydroxylation is 1. The van der Waals surface area contributed by atoms with Crippen LogP contribution in [0.2, 0.25) is 0 Å². The Morgan fingerprint density at radius 2 is 2.12 bits per heavy atom. The molecule has 0 radical (unpaired) electrons. The number of piperazine rings is 1. The zero-order valence-electron chi connectivity index (χ0n) is 10.9. The second-order valence-electron chi connectivity index (χ2n) is 4.75. The number of hydrogen-bond acceptors (Lipinski definition) is 4. The summed E-state index contributed by atoms with van der Waals surface area (Å²) in [7, 11) is 2.09. The standard InChI is InChI=1S/C13H23N3O/c1-12-4-5-13(17-12)15(2)8-3-9-16-10-6-14-7-11-16/h4-5,14H,3,6-11H2,1-2H3. The topological polar surface area (TPSA) is 31.6 Å². The Balaban J connectivity index is 1.67. The van der Waals surface area contributed by atoms with E-state index in [1.807, 2.05) is 19.1 Å². The predicted octanol–water partition coefficient (Wildman–Crippen LogP) is 1.32. The van der Waals surface area contributed by atoms with E-state index in [1.54, 1.807) is 0 Å². The second kappa shape index (κ2) is 6.07. The van der Waals surface area contributed by atoms with E-state index in [1.165, 1.54) is 26.1 Å². The Morgan fingerprint density at radius 1 is 1.35 bits per heavy atom. The first-order valence-corrected chi connectivity index (χ1v) is 6.46. The molecule has 0 aromatic carbocycles. The van der Waals surface area contributed by atoms with Crippen molar-refractivity contribution in [1.29, 1.82) is 0 Å². The summed E-state index contributed by atoms with van der Waals surface area (Å²) >= 11 is 0. The molecule has 0 atom stereocenters. The Bertz CT molecular complexity index is 331. The number of rotatable bonds is 5. The molecule has 4 heteroatoms. The molecular weight excluding hydrogens is 214 g/mol. The van der Waals surface area contributed by atoms with Gasteiger partial charge in [-0.3, -0.25) is 0 Å². The second-order valence-corrected chi connectivity index (χ2v) is 4.75. The average molecular weight is 237 g/mol. The third kappa shape index (κ3) is 3.75. The molecule has 1 N–H and O–H groups in total. The van der Waals surface area contributed by atoms with Gasteiger partial charge in [0.15, 0.2) is 5.88 Å².